The van der Waals surface area contributed by atoms with E-state index < -0.39 is 0 Å². The minimum absolute atomic E-state index is 0.290. The Balaban J connectivity index is 1.60. The molecule has 8 heteroatoms. The van der Waals surface area contributed by atoms with Gasteiger partial charge in [0.05, 0.1) is 5.69 Å². The Labute approximate surface area is 129 Å². The molecule has 118 valence electrons. The maximum Gasteiger partial charge on any atom is 0.222 e. The molecule has 0 bridgehead atoms. The van der Waals surface area contributed by atoms with Crippen LogP contribution in [0.5, 0.6) is 0 Å². The van der Waals surface area contributed by atoms with Crippen molar-refractivity contribution >= 4 is 11.8 Å². The molecular weight excluding hydrogens is 280 g/mol. The second-order valence-electron chi connectivity index (χ2n) is 5.67. The first-order valence-electron chi connectivity index (χ1n) is 7.66. The number of hydrogen-bond acceptors (Lipinski definition) is 7. The molecule has 2 heterocycles. The molecule has 0 aliphatic heterocycles. The Morgan fingerprint density at radius 2 is 2.18 bits per heavy atom. The molecule has 22 heavy (non-hydrogen) atoms. The van der Waals surface area contributed by atoms with Crippen molar-refractivity contribution in [3.8, 4) is 0 Å². The van der Waals surface area contributed by atoms with Crippen LogP contribution in [-0.4, -0.2) is 37.3 Å². The number of hydrogen-bond donors (Lipinski definition) is 3. The van der Waals surface area contributed by atoms with Gasteiger partial charge in [0.15, 0.2) is 0 Å². The summed E-state index contributed by atoms with van der Waals surface area (Å²) < 4.78 is 2.02. The third-order valence-corrected chi connectivity index (χ3v) is 4.05. The molecule has 5 N–H and O–H groups in total. The maximum absolute atomic E-state index is 5.84. The van der Waals surface area contributed by atoms with E-state index in [0.717, 1.165) is 49.7 Å². The maximum atomic E-state index is 5.84. The number of nitrogen functional groups attached to an aromatic ring is 1. The average Bonchev–Trinajstić information content (AvgIpc) is 2.91. The quantitative estimate of drug-likeness (QED) is 0.711. The number of nitrogens with one attached hydrogen (secondary N) is 1. The van der Waals surface area contributed by atoms with Crippen molar-refractivity contribution in [3.05, 3.63) is 23.9 Å². The van der Waals surface area contributed by atoms with Crippen LogP contribution in [0.1, 0.15) is 37.2 Å². The predicted molar refractivity (Wildman–Crippen MR) is 84.3 cm³/mol. The Kier molecular flexibility index (Phi) is 4.19. The third-order valence-electron chi connectivity index (χ3n) is 4.05. The summed E-state index contributed by atoms with van der Waals surface area (Å²) in [4.78, 5) is 8.56. The molecule has 2 aromatic rings. The van der Waals surface area contributed by atoms with Gasteiger partial charge in [-0.1, -0.05) is 0 Å². The summed E-state index contributed by atoms with van der Waals surface area (Å²) >= 11 is 0. The van der Waals surface area contributed by atoms with E-state index in [2.05, 4.69) is 32.4 Å². The summed E-state index contributed by atoms with van der Waals surface area (Å²) in [7, 11) is 0. The Morgan fingerprint density at radius 1 is 1.36 bits per heavy atom. The predicted octanol–water partition coefficient (Wildman–Crippen LogP) is 0.530. The number of anilines is 2. The lowest BCUT2D eigenvalue weighted by atomic mass is 9.78. The lowest BCUT2D eigenvalue weighted by Crippen LogP contribution is -2.35. The molecule has 0 aromatic carbocycles. The Bertz CT molecular complexity index is 632. The van der Waals surface area contributed by atoms with Crippen molar-refractivity contribution in [2.24, 2.45) is 5.73 Å². The monoisotopic (exact) mass is 302 g/mol. The second-order valence-corrected chi connectivity index (χ2v) is 5.67. The fraction of sp³-hybridized carbons (Fsp3) is 0.571. The van der Waals surface area contributed by atoms with E-state index in [1.165, 1.54) is 0 Å². The van der Waals surface area contributed by atoms with Crippen LogP contribution in [0.15, 0.2) is 12.4 Å². The van der Waals surface area contributed by atoms with Gasteiger partial charge < -0.3 is 21.4 Å². The van der Waals surface area contributed by atoms with Crippen molar-refractivity contribution in [3.63, 3.8) is 0 Å². The van der Waals surface area contributed by atoms with Gasteiger partial charge in [-0.15, -0.1) is 10.2 Å². The first kappa shape index (κ1) is 14.7. The van der Waals surface area contributed by atoms with Gasteiger partial charge in [0.2, 0.25) is 5.95 Å². The summed E-state index contributed by atoms with van der Waals surface area (Å²) in [5.74, 6) is 2.42. The van der Waals surface area contributed by atoms with Crippen LogP contribution in [-0.2, 0) is 13.0 Å². The molecule has 0 saturated heterocycles. The van der Waals surface area contributed by atoms with Crippen LogP contribution < -0.4 is 16.8 Å². The zero-order valence-electron chi connectivity index (χ0n) is 12.7. The summed E-state index contributed by atoms with van der Waals surface area (Å²) in [6.45, 7) is 3.66. The van der Waals surface area contributed by atoms with Gasteiger partial charge in [-0.3, -0.25) is 0 Å². The molecule has 0 spiro atoms. The van der Waals surface area contributed by atoms with Crippen LogP contribution in [0.25, 0.3) is 0 Å². The Hall–Kier alpha value is -2.22. The van der Waals surface area contributed by atoms with E-state index >= 15 is 0 Å². The highest BCUT2D eigenvalue weighted by atomic mass is 15.3. The Morgan fingerprint density at radius 3 is 2.91 bits per heavy atom. The molecule has 0 unspecified atom stereocenters. The van der Waals surface area contributed by atoms with Crippen molar-refractivity contribution < 1.29 is 0 Å². The van der Waals surface area contributed by atoms with E-state index in [-0.39, 0.29) is 6.04 Å². The highest BCUT2D eigenvalue weighted by Crippen LogP contribution is 2.35. The number of aryl methyl sites for hydroxylation is 1. The molecule has 1 aliphatic rings. The van der Waals surface area contributed by atoms with Crippen molar-refractivity contribution in [2.75, 3.05) is 17.6 Å². The molecule has 1 saturated carbocycles. The van der Waals surface area contributed by atoms with Gasteiger partial charge in [0, 0.05) is 37.5 Å². The summed E-state index contributed by atoms with van der Waals surface area (Å²) in [5.41, 5.74) is 12.6. The summed E-state index contributed by atoms with van der Waals surface area (Å²) in [5, 5.41) is 11.3. The molecule has 3 rings (SSSR count). The number of rotatable bonds is 6. The molecule has 0 radical (unpaired) electrons. The van der Waals surface area contributed by atoms with Crippen LogP contribution in [0.3, 0.4) is 0 Å². The largest absolute Gasteiger partial charge is 0.369 e. The smallest absolute Gasteiger partial charge is 0.222 e. The first-order chi connectivity index (χ1) is 10.7. The van der Waals surface area contributed by atoms with E-state index in [0.29, 0.717) is 11.9 Å². The van der Waals surface area contributed by atoms with Gasteiger partial charge in [-0.2, -0.15) is 4.98 Å². The normalized spacial score (nSPS) is 20.6. The molecule has 0 atom stereocenters. The van der Waals surface area contributed by atoms with Crippen LogP contribution in [0.4, 0.5) is 11.8 Å². The standard InChI is InChI=1S/C14H22N8/c1-2-22-8-18-21-13(22)3-4-17-12-7-11(19-14(16)20-12)9-5-10(15)6-9/h7-10H,2-6,15H2,1H3,(H3,16,17,19,20). The van der Waals surface area contributed by atoms with E-state index in [9.17, 15) is 0 Å². The minimum Gasteiger partial charge on any atom is -0.369 e. The van der Waals surface area contributed by atoms with E-state index in [4.69, 9.17) is 11.5 Å². The molecule has 1 fully saturated rings. The first-order valence-corrected chi connectivity index (χ1v) is 7.66. The zero-order valence-corrected chi connectivity index (χ0v) is 12.7. The SMILES string of the molecule is CCn1cnnc1CCNc1cc(C2CC(N)C2)nc(N)n1. The molecule has 1 aliphatic carbocycles. The fourth-order valence-corrected chi connectivity index (χ4v) is 2.73. The zero-order chi connectivity index (χ0) is 15.5. The van der Waals surface area contributed by atoms with Crippen molar-refractivity contribution in [1.82, 2.24) is 24.7 Å². The summed E-state index contributed by atoms with van der Waals surface area (Å²) in [6.07, 6.45) is 4.46. The fourth-order valence-electron chi connectivity index (χ4n) is 2.73. The topological polar surface area (TPSA) is 121 Å². The van der Waals surface area contributed by atoms with E-state index in [1.807, 2.05) is 10.6 Å². The van der Waals surface area contributed by atoms with Gasteiger partial charge in [-0.25, -0.2) is 4.98 Å². The minimum atomic E-state index is 0.290. The number of nitrogens with two attached hydrogens (primary N) is 2. The lowest BCUT2D eigenvalue weighted by Gasteiger charge is -2.32. The van der Waals surface area contributed by atoms with Crippen LogP contribution >= 0.6 is 0 Å². The molecular formula is C14H22N8. The third kappa shape index (κ3) is 3.16. The second kappa shape index (κ2) is 6.27. The van der Waals surface area contributed by atoms with Gasteiger partial charge in [0.25, 0.3) is 0 Å². The molecule has 2 aromatic heterocycles. The highest BCUT2D eigenvalue weighted by molar-refractivity contribution is 5.42. The van der Waals surface area contributed by atoms with Crippen LogP contribution in [0.2, 0.25) is 0 Å². The van der Waals surface area contributed by atoms with E-state index in [1.54, 1.807) is 6.33 Å². The number of aromatic nitrogens is 5. The van der Waals surface area contributed by atoms with Gasteiger partial charge in [0.1, 0.15) is 18.0 Å². The average molecular weight is 302 g/mol. The highest BCUT2D eigenvalue weighted by Gasteiger charge is 2.29. The van der Waals surface area contributed by atoms with Gasteiger partial charge >= 0.3 is 0 Å². The molecule has 0 amide bonds. The van der Waals surface area contributed by atoms with Crippen molar-refractivity contribution in [1.29, 1.82) is 0 Å². The van der Waals surface area contributed by atoms with Gasteiger partial charge in [-0.05, 0) is 19.8 Å². The molecule has 8 nitrogen and oxygen atoms in total. The summed E-state index contributed by atoms with van der Waals surface area (Å²) in [6, 6.07) is 2.26. The van der Waals surface area contributed by atoms with Crippen molar-refractivity contribution in [2.45, 2.75) is 44.7 Å². The van der Waals surface area contributed by atoms with Crippen LogP contribution in [0, 0.1) is 0 Å². The lowest BCUT2D eigenvalue weighted by molar-refractivity contribution is 0.345. The number of nitrogens with zero attached hydrogens (tertiary/aromatic N) is 5.